The molecule has 2 amide bonds. The lowest BCUT2D eigenvalue weighted by atomic mass is 9.86. The molecular weight excluding hydrogens is 793 g/mol. The van der Waals surface area contributed by atoms with Crippen molar-refractivity contribution in [3.63, 3.8) is 0 Å². The maximum atomic E-state index is 14.1. The lowest BCUT2D eigenvalue weighted by Crippen LogP contribution is -2.44. The number of aliphatic hydroxyl groups is 1. The lowest BCUT2D eigenvalue weighted by molar-refractivity contribution is -0.172. The van der Waals surface area contributed by atoms with Crippen molar-refractivity contribution in [1.29, 1.82) is 0 Å². The number of esters is 1. The molecule has 3 aromatic carbocycles. The Morgan fingerprint density at radius 2 is 1.77 bits per heavy atom. The van der Waals surface area contributed by atoms with E-state index in [9.17, 15) is 34.2 Å². The minimum Gasteiger partial charge on any atom is -0.508 e. The molecule has 1 fully saturated rings. The van der Waals surface area contributed by atoms with Crippen LogP contribution in [-0.2, 0) is 33.1 Å². The highest BCUT2D eigenvalue weighted by Crippen LogP contribution is 2.43. The van der Waals surface area contributed by atoms with Crippen LogP contribution in [0.5, 0.6) is 11.5 Å². The van der Waals surface area contributed by atoms with Crippen LogP contribution in [0.15, 0.2) is 105 Å². The van der Waals surface area contributed by atoms with Crippen molar-refractivity contribution < 1.29 is 38.5 Å². The van der Waals surface area contributed by atoms with Gasteiger partial charge in [0.15, 0.2) is 11.0 Å². The molecule has 10 rings (SSSR count). The van der Waals surface area contributed by atoms with Crippen LogP contribution in [0, 0.1) is 5.92 Å². The van der Waals surface area contributed by atoms with Gasteiger partial charge in [0.25, 0.3) is 11.5 Å². The zero-order valence-corrected chi connectivity index (χ0v) is 33.6. The Kier molecular flexibility index (Phi) is 9.40. The van der Waals surface area contributed by atoms with Gasteiger partial charge in [0.1, 0.15) is 36.1 Å². The Balaban J connectivity index is 0.773. The number of phenolic OH excluding ortho intramolecular Hbond substituents is 1. The molecule has 312 valence electrons. The summed E-state index contributed by atoms with van der Waals surface area (Å²) < 4.78 is 18.8. The molecule has 14 heteroatoms. The third-order valence-corrected chi connectivity index (χ3v) is 12.4. The number of aromatic nitrogens is 2. The number of hydrogen-bond donors (Lipinski definition) is 3. The number of nitrogens with zero attached hydrogens (tertiary/aromatic N) is 3. The number of fused-ring (bicyclic) bond motifs is 7. The zero-order chi connectivity index (χ0) is 42.9. The highest BCUT2D eigenvalue weighted by molar-refractivity contribution is 6.09. The van der Waals surface area contributed by atoms with Gasteiger partial charge in [-0.15, -0.1) is 0 Å². The van der Waals surface area contributed by atoms with Crippen molar-refractivity contribution in [3.05, 3.63) is 134 Å². The molecule has 1 atom stereocenters. The first-order valence-corrected chi connectivity index (χ1v) is 20.6. The molecule has 4 aliphatic heterocycles. The largest absolute Gasteiger partial charge is 0.508 e. The third kappa shape index (κ3) is 6.45. The fourth-order valence-electron chi connectivity index (χ4n) is 9.09. The summed E-state index contributed by atoms with van der Waals surface area (Å²) in [7, 11) is 0. The van der Waals surface area contributed by atoms with Gasteiger partial charge in [-0.05, 0) is 85.5 Å². The summed E-state index contributed by atoms with van der Waals surface area (Å²) in [6, 6.07) is 25.8. The van der Waals surface area contributed by atoms with Gasteiger partial charge in [-0.1, -0.05) is 25.1 Å². The highest BCUT2D eigenvalue weighted by Gasteiger charge is 2.45. The second-order valence-corrected chi connectivity index (χ2v) is 16.0. The topological polar surface area (TPSA) is 190 Å². The number of cyclic esters (lactones) is 1. The Morgan fingerprint density at radius 1 is 0.952 bits per heavy atom. The van der Waals surface area contributed by atoms with Crippen molar-refractivity contribution >= 4 is 39.7 Å². The average molecular weight is 833 g/mol. The lowest BCUT2D eigenvalue weighted by Gasteiger charge is -2.32. The van der Waals surface area contributed by atoms with Crippen molar-refractivity contribution in [2.24, 2.45) is 5.92 Å². The van der Waals surface area contributed by atoms with Crippen LogP contribution in [0.25, 0.3) is 55.7 Å². The molecular formula is C48H40N4O10. The molecule has 0 spiro atoms. The summed E-state index contributed by atoms with van der Waals surface area (Å²) in [5.41, 5.74) is 3.67. The van der Waals surface area contributed by atoms with E-state index in [4.69, 9.17) is 18.9 Å². The first-order valence-electron chi connectivity index (χ1n) is 20.6. The van der Waals surface area contributed by atoms with Gasteiger partial charge in [0.05, 0.1) is 35.6 Å². The van der Waals surface area contributed by atoms with Crippen LogP contribution in [0.2, 0.25) is 0 Å². The Morgan fingerprint density at radius 3 is 2.60 bits per heavy atom. The number of carbonyl (C=O) groups is 3. The molecule has 5 aromatic rings. The van der Waals surface area contributed by atoms with Crippen LogP contribution in [0.3, 0.4) is 0 Å². The second kappa shape index (κ2) is 15.0. The summed E-state index contributed by atoms with van der Waals surface area (Å²) >= 11 is 0. The molecule has 0 saturated carbocycles. The highest BCUT2D eigenvalue weighted by atomic mass is 16.6. The summed E-state index contributed by atoms with van der Waals surface area (Å²) in [6.07, 6.45) is 1.05. The standard InChI is InChI=1S/C48H40N4O10/c1-2-48(59)37-23-39-43-28(24-52(39)46(57)36(37)25-61-47(48)58)19-27-20-31(9-12-38(27)50-43)60-18-15-49-44(55)26-13-16-51(17-14-26)45(56)33-6-4-3-5-32(33)42-34-10-7-29(53)21-40(34)62-41-22-30(54)8-11-35(41)42/h3-12,19-23,26,53,59H,2,13-18,24-25H2,1H3,(H,49,55)/t48-/m0/s1. The van der Waals surface area contributed by atoms with Crippen LogP contribution in [-0.4, -0.2) is 68.7 Å². The molecule has 2 aromatic heterocycles. The van der Waals surface area contributed by atoms with Gasteiger partial charge in [-0.3, -0.25) is 19.2 Å². The summed E-state index contributed by atoms with van der Waals surface area (Å²) in [6.45, 7) is 3.06. The second-order valence-electron chi connectivity index (χ2n) is 16.0. The maximum absolute atomic E-state index is 14.1. The number of benzene rings is 4. The van der Waals surface area contributed by atoms with Crippen molar-refractivity contribution in [2.75, 3.05) is 26.2 Å². The van der Waals surface area contributed by atoms with Crippen molar-refractivity contribution in [2.45, 2.75) is 44.9 Å². The van der Waals surface area contributed by atoms with E-state index in [1.807, 2.05) is 36.4 Å². The van der Waals surface area contributed by atoms with Crippen LogP contribution < -0.4 is 21.0 Å². The van der Waals surface area contributed by atoms with Gasteiger partial charge in [-0.2, -0.15) is 0 Å². The van der Waals surface area contributed by atoms with E-state index in [0.29, 0.717) is 82.0 Å². The molecule has 0 radical (unpaired) electrons. The molecule has 0 bridgehead atoms. The normalized spacial score (nSPS) is 17.1. The van der Waals surface area contributed by atoms with Gasteiger partial charge in [0, 0.05) is 69.7 Å². The van der Waals surface area contributed by atoms with E-state index < -0.39 is 11.6 Å². The maximum Gasteiger partial charge on any atom is 0.343 e. The van der Waals surface area contributed by atoms with Crippen molar-refractivity contribution in [1.82, 2.24) is 19.8 Å². The molecule has 62 heavy (non-hydrogen) atoms. The van der Waals surface area contributed by atoms with Gasteiger partial charge < -0.3 is 38.9 Å². The predicted molar refractivity (Wildman–Crippen MR) is 228 cm³/mol. The number of rotatable bonds is 8. The monoisotopic (exact) mass is 832 g/mol. The fourth-order valence-corrected chi connectivity index (χ4v) is 9.09. The zero-order valence-electron chi connectivity index (χ0n) is 33.6. The van der Waals surface area contributed by atoms with E-state index >= 15 is 0 Å². The number of piperidine rings is 1. The smallest absolute Gasteiger partial charge is 0.343 e. The molecule has 1 aliphatic carbocycles. The quantitative estimate of drug-likeness (QED) is 0.0966. The van der Waals surface area contributed by atoms with E-state index in [0.717, 1.165) is 16.5 Å². The first kappa shape index (κ1) is 38.9. The summed E-state index contributed by atoms with van der Waals surface area (Å²) in [5, 5.41) is 25.8. The first-order chi connectivity index (χ1) is 30.0. The Hall–Kier alpha value is -7.32. The number of phenols is 1. The van der Waals surface area contributed by atoms with E-state index in [-0.39, 0.29) is 78.3 Å². The molecule has 5 aliphatic rings. The van der Waals surface area contributed by atoms with E-state index in [2.05, 4.69) is 5.32 Å². The van der Waals surface area contributed by atoms with E-state index in [1.54, 1.807) is 52.8 Å². The number of likely N-dealkylation sites (tertiary alicyclic amines) is 1. The number of pyridine rings is 2. The Bertz CT molecular complexity index is 3110. The van der Waals surface area contributed by atoms with Crippen molar-refractivity contribution in [3.8, 4) is 45.3 Å². The van der Waals surface area contributed by atoms with Gasteiger partial charge in [0.2, 0.25) is 5.91 Å². The number of ether oxygens (including phenoxy) is 2. The van der Waals surface area contributed by atoms with Gasteiger partial charge in [-0.25, -0.2) is 9.78 Å². The van der Waals surface area contributed by atoms with Crippen LogP contribution >= 0.6 is 0 Å². The number of nitrogens with one attached hydrogen (secondary N) is 1. The molecule has 1 saturated heterocycles. The molecule has 14 nitrogen and oxygen atoms in total. The fraction of sp³-hybridized carbons (Fsp3) is 0.250. The van der Waals surface area contributed by atoms with Crippen LogP contribution in [0.1, 0.15) is 53.2 Å². The summed E-state index contributed by atoms with van der Waals surface area (Å²) in [5.74, 6) is -0.357. The predicted octanol–water partition coefficient (Wildman–Crippen LogP) is 5.71. The Labute approximate surface area is 353 Å². The molecule has 6 heterocycles. The molecule has 0 unspecified atom stereocenters. The number of amides is 2. The third-order valence-electron chi connectivity index (χ3n) is 12.4. The SMILES string of the molecule is CC[C@@]1(O)C(=O)OCc2c1cc1n(c2=O)Cc2cc3cc(OCCNC(=O)C4CCN(C(=O)c5ccccc5-c5c6ccc(=O)cc-6oc6cc(O)ccc56)CC4)ccc3nc2-1. The number of carbonyl (C=O) groups excluding carboxylic acids is 3. The summed E-state index contributed by atoms with van der Waals surface area (Å²) in [4.78, 5) is 72.3. The minimum absolute atomic E-state index is 0.0127. The number of hydrogen-bond acceptors (Lipinski definition) is 11. The molecule has 3 N–H and O–H groups in total. The average Bonchev–Trinajstić information content (AvgIpc) is 3.64. The minimum atomic E-state index is -1.89. The van der Waals surface area contributed by atoms with Gasteiger partial charge >= 0.3 is 5.97 Å². The van der Waals surface area contributed by atoms with Crippen LogP contribution in [0.4, 0.5) is 0 Å². The number of aromatic hydroxyl groups is 1. The van der Waals surface area contributed by atoms with E-state index in [1.165, 1.54) is 18.2 Å².